The van der Waals surface area contributed by atoms with E-state index in [4.69, 9.17) is 0 Å². The zero-order valence-electron chi connectivity index (χ0n) is 11.1. The molecule has 0 aliphatic heterocycles. The van der Waals surface area contributed by atoms with E-state index in [0.717, 1.165) is 0 Å². The Morgan fingerprint density at radius 1 is 0.562 bits per heavy atom. The lowest BCUT2D eigenvalue weighted by atomic mass is 10.2. The Hall–Kier alpha value is -0.780. The summed E-state index contributed by atoms with van der Waals surface area (Å²) < 4.78 is 0. The highest BCUT2D eigenvalue weighted by Crippen LogP contribution is 2.00. The summed E-state index contributed by atoms with van der Waals surface area (Å²) in [6.45, 7) is 4.49. The lowest BCUT2D eigenvalue weighted by molar-refractivity contribution is 0.729. The largest absolute Gasteiger partial charge is 0.0845 e. The highest BCUT2D eigenvalue weighted by Gasteiger charge is 1.80. The Morgan fingerprint density at radius 2 is 1.00 bits per heavy atom. The van der Waals surface area contributed by atoms with Crippen molar-refractivity contribution < 1.29 is 0 Å². The first-order valence-electron chi connectivity index (χ1n) is 6.90. The molecular weight excluding hydrogens is 192 g/mol. The number of allylic oxidation sites excluding steroid dienone is 6. The molecule has 0 unspecified atom stereocenters. The van der Waals surface area contributed by atoms with Crippen molar-refractivity contribution in [1.82, 2.24) is 0 Å². The second-order valence-electron chi connectivity index (χ2n) is 4.23. The Bertz CT molecular complexity index is 174. The molecule has 92 valence electrons. The summed E-state index contributed by atoms with van der Waals surface area (Å²) in [7, 11) is 0. The number of unbranched alkanes of at least 4 members (excludes halogenated alkanes) is 6. The summed E-state index contributed by atoms with van der Waals surface area (Å²) in [6.07, 6.45) is 23.5. The fourth-order valence-electron chi connectivity index (χ4n) is 1.50. The fourth-order valence-corrected chi connectivity index (χ4v) is 1.50. The first kappa shape index (κ1) is 15.2. The van der Waals surface area contributed by atoms with Crippen molar-refractivity contribution in [2.75, 3.05) is 0 Å². The first-order chi connectivity index (χ1) is 7.91. The van der Waals surface area contributed by atoms with E-state index in [1.54, 1.807) is 0 Å². The molecule has 0 aromatic rings. The minimum atomic E-state index is 1.22. The lowest BCUT2D eigenvalue weighted by Gasteiger charge is -1.90. The van der Waals surface area contributed by atoms with E-state index in [-0.39, 0.29) is 0 Å². The van der Waals surface area contributed by atoms with Gasteiger partial charge in [0.05, 0.1) is 0 Å². The molecule has 0 bridgehead atoms. The second kappa shape index (κ2) is 14.2. The van der Waals surface area contributed by atoms with Gasteiger partial charge in [-0.3, -0.25) is 0 Å². The fraction of sp³-hybridized carbons (Fsp3) is 0.625. The molecule has 0 fully saturated rings. The molecule has 0 heterocycles. The molecule has 0 nitrogen and oxygen atoms in total. The number of hydrogen-bond donors (Lipinski definition) is 0. The lowest BCUT2D eigenvalue weighted by Crippen LogP contribution is -1.70. The van der Waals surface area contributed by atoms with Crippen LogP contribution in [-0.4, -0.2) is 0 Å². The maximum absolute atomic E-state index is 2.26. The Morgan fingerprint density at radius 3 is 1.38 bits per heavy atom. The molecule has 0 saturated heterocycles. The molecule has 16 heavy (non-hydrogen) atoms. The first-order valence-corrected chi connectivity index (χ1v) is 6.90. The molecule has 0 atom stereocenters. The Balaban J connectivity index is 3.31. The highest BCUT2D eigenvalue weighted by molar-refractivity contribution is 5.10. The van der Waals surface area contributed by atoms with E-state index in [0.29, 0.717) is 0 Å². The molecule has 0 aromatic carbocycles. The van der Waals surface area contributed by atoms with Gasteiger partial charge in [-0.15, -0.1) is 0 Å². The standard InChI is InChI=1S/C16H28/c1-3-5-7-9-11-13-15-16-14-12-10-8-6-4-2/h11-16H,3-10H2,1-2H3/b13-11-,14-12+,16-15+. The van der Waals surface area contributed by atoms with Crippen LogP contribution in [0.2, 0.25) is 0 Å². The monoisotopic (exact) mass is 220 g/mol. The van der Waals surface area contributed by atoms with Crippen LogP contribution in [0, 0.1) is 0 Å². The Labute approximate surface area is 102 Å². The van der Waals surface area contributed by atoms with Gasteiger partial charge in [0.1, 0.15) is 0 Å². The minimum Gasteiger partial charge on any atom is -0.0845 e. The van der Waals surface area contributed by atoms with Crippen LogP contribution < -0.4 is 0 Å². The van der Waals surface area contributed by atoms with Crippen LogP contribution in [0.15, 0.2) is 36.5 Å². The number of rotatable bonds is 10. The predicted molar refractivity (Wildman–Crippen MR) is 75.7 cm³/mol. The van der Waals surface area contributed by atoms with Crippen LogP contribution >= 0.6 is 0 Å². The maximum Gasteiger partial charge on any atom is -0.0348 e. The van der Waals surface area contributed by atoms with Gasteiger partial charge in [-0.05, 0) is 25.7 Å². The predicted octanol–water partition coefficient (Wildman–Crippen LogP) is 5.82. The van der Waals surface area contributed by atoms with E-state index in [9.17, 15) is 0 Å². The van der Waals surface area contributed by atoms with Crippen molar-refractivity contribution in [2.45, 2.75) is 65.2 Å². The van der Waals surface area contributed by atoms with Gasteiger partial charge in [-0.2, -0.15) is 0 Å². The topological polar surface area (TPSA) is 0 Å². The van der Waals surface area contributed by atoms with Crippen LogP contribution in [0.4, 0.5) is 0 Å². The van der Waals surface area contributed by atoms with E-state index in [1.165, 1.54) is 51.4 Å². The van der Waals surface area contributed by atoms with Crippen LogP contribution in [0.25, 0.3) is 0 Å². The van der Waals surface area contributed by atoms with Gasteiger partial charge >= 0.3 is 0 Å². The van der Waals surface area contributed by atoms with Crippen molar-refractivity contribution in [3.63, 3.8) is 0 Å². The average Bonchev–Trinajstić information content (AvgIpc) is 2.31. The van der Waals surface area contributed by atoms with Crippen LogP contribution in [-0.2, 0) is 0 Å². The van der Waals surface area contributed by atoms with E-state index >= 15 is 0 Å². The summed E-state index contributed by atoms with van der Waals surface area (Å²) in [5, 5.41) is 0. The molecule has 0 spiro atoms. The van der Waals surface area contributed by atoms with Crippen LogP contribution in [0.5, 0.6) is 0 Å². The maximum atomic E-state index is 2.26. The molecule has 0 aromatic heterocycles. The summed E-state index contributed by atoms with van der Waals surface area (Å²) in [5.74, 6) is 0. The van der Waals surface area contributed by atoms with Crippen LogP contribution in [0.3, 0.4) is 0 Å². The van der Waals surface area contributed by atoms with E-state index < -0.39 is 0 Å². The Kier molecular flexibility index (Phi) is 13.5. The quantitative estimate of drug-likeness (QED) is 0.321. The molecule has 0 heteroatoms. The van der Waals surface area contributed by atoms with Gasteiger partial charge < -0.3 is 0 Å². The molecule has 0 radical (unpaired) electrons. The van der Waals surface area contributed by atoms with Crippen molar-refractivity contribution >= 4 is 0 Å². The minimum absolute atomic E-state index is 1.22. The molecule has 0 aliphatic rings. The normalized spacial score (nSPS) is 12.4. The molecular formula is C16H28. The van der Waals surface area contributed by atoms with E-state index in [1.807, 2.05) is 0 Å². The number of hydrogen-bond acceptors (Lipinski definition) is 0. The highest BCUT2D eigenvalue weighted by atomic mass is 13.9. The van der Waals surface area contributed by atoms with Crippen molar-refractivity contribution in [1.29, 1.82) is 0 Å². The third-order valence-corrected chi connectivity index (χ3v) is 2.55. The van der Waals surface area contributed by atoms with Crippen molar-refractivity contribution in [3.05, 3.63) is 36.5 Å². The molecule has 0 saturated carbocycles. The molecule has 0 aliphatic carbocycles. The van der Waals surface area contributed by atoms with Gasteiger partial charge in [0, 0.05) is 0 Å². The van der Waals surface area contributed by atoms with Crippen molar-refractivity contribution in [2.24, 2.45) is 0 Å². The van der Waals surface area contributed by atoms with Gasteiger partial charge in [0.15, 0.2) is 0 Å². The van der Waals surface area contributed by atoms with Gasteiger partial charge in [0.2, 0.25) is 0 Å². The SMILES string of the molecule is CCCCC\C=C/C=C/C=C/CCCCC. The van der Waals surface area contributed by atoms with Gasteiger partial charge in [-0.25, -0.2) is 0 Å². The van der Waals surface area contributed by atoms with Crippen molar-refractivity contribution in [3.8, 4) is 0 Å². The smallest absolute Gasteiger partial charge is 0.0348 e. The zero-order chi connectivity index (χ0) is 11.9. The second-order valence-corrected chi connectivity index (χ2v) is 4.23. The van der Waals surface area contributed by atoms with Gasteiger partial charge in [-0.1, -0.05) is 76.0 Å². The molecule has 0 N–H and O–H groups in total. The third-order valence-electron chi connectivity index (χ3n) is 2.55. The molecule has 0 rings (SSSR count). The average molecular weight is 220 g/mol. The summed E-state index contributed by atoms with van der Waals surface area (Å²) in [4.78, 5) is 0. The van der Waals surface area contributed by atoms with Gasteiger partial charge in [0.25, 0.3) is 0 Å². The van der Waals surface area contributed by atoms with E-state index in [2.05, 4.69) is 50.3 Å². The zero-order valence-corrected chi connectivity index (χ0v) is 11.1. The third kappa shape index (κ3) is 13.2. The summed E-state index contributed by atoms with van der Waals surface area (Å²) >= 11 is 0. The summed E-state index contributed by atoms with van der Waals surface area (Å²) in [6, 6.07) is 0. The molecule has 0 amide bonds. The summed E-state index contributed by atoms with van der Waals surface area (Å²) in [5.41, 5.74) is 0. The van der Waals surface area contributed by atoms with Crippen LogP contribution in [0.1, 0.15) is 65.2 Å².